The number of aromatic nitrogens is 2. The number of hydrogen-bond donors (Lipinski definition) is 1. The molecule has 6 heteroatoms. The van der Waals surface area contributed by atoms with Crippen molar-refractivity contribution in [1.82, 2.24) is 14.7 Å². The summed E-state index contributed by atoms with van der Waals surface area (Å²) in [4.78, 5) is 17.3. The van der Waals surface area contributed by atoms with E-state index in [-0.39, 0.29) is 11.7 Å². The lowest BCUT2D eigenvalue weighted by Crippen LogP contribution is -2.20. The summed E-state index contributed by atoms with van der Waals surface area (Å²) in [6.07, 6.45) is 2.98. The minimum absolute atomic E-state index is 0.239. The van der Waals surface area contributed by atoms with Crippen molar-refractivity contribution < 1.29 is 13.9 Å². The molecule has 0 saturated heterocycles. The Morgan fingerprint density at radius 1 is 1.30 bits per heavy atom. The summed E-state index contributed by atoms with van der Waals surface area (Å²) in [5.74, 6) is 1.03. The van der Waals surface area contributed by atoms with Crippen molar-refractivity contribution in [3.63, 3.8) is 0 Å². The van der Waals surface area contributed by atoms with Gasteiger partial charge in [0.2, 0.25) is 0 Å². The van der Waals surface area contributed by atoms with Crippen LogP contribution in [0.25, 0.3) is 16.9 Å². The van der Waals surface area contributed by atoms with Crippen molar-refractivity contribution >= 4 is 11.6 Å². The van der Waals surface area contributed by atoms with Gasteiger partial charge < -0.3 is 10.1 Å². The average Bonchev–Trinajstić information content (AvgIpc) is 2.96. The van der Waals surface area contributed by atoms with Crippen LogP contribution in [0.5, 0.6) is 5.75 Å². The minimum atomic E-state index is -0.327. The molecule has 1 unspecified atom stereocenters. The van der Waals surface area contributed by atoms with Crippen LogP contribution in [0.1, 0.15) is 42.2 Å². The maximum Gasteiger partial charge on any atom is 0.270 e. The van der Waals surface area contributed by atoms with Crippen molar-refractivity contribution in [2.24, 2.45) is 5.92 Å². The molecule has 2 aromatic heterocycles. The van der Waals surface area contributed by atoms with Gasteiger partial charge in [-0.25, -0.2) is 9.37 Å². The molecule has 0 aliphatic carbocycles. The number of halogens is 1. The third-order valence-electron chi connectivity index (χ3n) is 5.12. The van der Waals surface area contributed by atoms with Gasteiger partial charge in [0.25, 0.3) is 5.91 Å². The number of amides is 1. The second kappa shape index (κ2) is 6.68. The largest absolute Gasteiger partial charge is 0.493 e. The van der Waals surface area contributed by atoms with Crippen LogP contribution in [0.15, 0.2) is 36.5 Å². The highest BCUT2D eigenvalue weighted by atomic mass is 19.1. The fourth-order valence-corrected chi connectivity index (χ4v) is 3.76. The van der Waals surface area contributed by atoms with Gasteiger partial charge in [-0.1, -0.05) is 13.8 Å². The van der Waals surface area contributed by atoms with Gasteiger partial charge in [0.15, 0.2) is 0 Å². The highest BCUT2D eigenvalue weighted by Crippen LogP contribution is 2.37. The molecule has 0 spiro atoms. The monoisotopic (exact) mass is 367 g/mol. The van der Waals surface area contributed by atoms with E-state index in [1.807, 2.05) is 16.7 Å². The molecule has 0 fully saturated rings. The predicted molar refractivity (Wildman–Crippen MR) is 102 cm³/mol. The van der Waals surface area contributed by atoms with E-state index in [9.17, 15) is 9.18 Å². The van der Waals surface area contributed by atoms with Crippen LogP contribution >= 0.6 is 0 Å². The maximum atomic E-state index is 13.3. The number of nitrogens with one attached hydrogen (secondary N) is 1. The molecule has 1 aromatic carbocycles. The number of pyridine rings is 1. The molecular weight excluding hydrogens is 345 g/mol. The van der Waals surface area contributed by atoms with Crippen LogP contribution in [0.3, 0.4) is 0 Å². The minimum Gasteiger partial charge on any atom is -0.493 e. The second-order valence-corrected chi connectivity index (χ2v) is 7.27. The summed E-state index contributed by atoms with van der Waals surface area (Å²) in [6.45, 7) is 5.02. The first-order valence-corrected chi connectivity index (χ1v) is 9.14. The maximum absolute atomic E-state index is 13.3. The molecule has 1 N–H and O–H groups in total. The molecule has 3 heterocycles. The zero-order valence-corrected chi connectivity index (χ0v) is 15.6. The number of rotatable bonds is 2. The van der Waals surface area contributed by atoms with Crippen LogP contribution in [0, 0.1) is 11.7 Å². The summed E-state index contributed by atoms with van der Waals surface area (Å²) < 4.78 is 21.1. The Kier molecular flexibility index (Phi) is 4.34. The first-order valence-electron chi connectivity index (χ1n) is 9.14. The number of fused-ring (bicyclic) bond motifs is 2. The van der Waals surface area contributed by atoms with Crippen molar-refractivity contribution in [2.75, 3.05) is 13.7 Å². The van der Waals surface area contributed by atoms with Crippen molar-refractivity contribution in [3.05, 3.63) is 53.6 Å². The average molecular weight is 367 g/mol. The van der Waals surface area contributed by atoms with Gasteiger partial charge in [-0.15, -0.1) is 0 Å². The highest BCUT2D eigenvalue weighted by Gasteiger charge is 2.25. The van der Waals surface area contributed by atoms with Crippen molar-refractivity contribution in [2.45, 2.75) is 26.2 Å². The number of hydrogen-bond acceptors (Lipinski definition) is 3. The molecule has 5 nitrogen and oxygen atoms in total. The third-order valence-corrected chi connectivity index (χ3v) is 5.12. The normalized spacial score (nSPS) is 19.3. The zero-order valence-electron chi connectivity index (χ0n) is 15.6. The Bertz CT molecular complexity index is 1010. The van der Waals surface area contributed by atoms with E-state index in [0.717, 1.165) is 17.7 Å². The van der Waals surface area contributed by atoms with Crippen LogP contribution in [-0.2, 0) is 0 Å². The van der Waals surface area contributed by atoms with E-state index in [2.05, 4.69) is 24.1 Å². The summed E-state index contributed by atoms with van der Waals surface area (Å²) in [7, 11) is 1.59. The molecule has 1 amide bonds. The predicted octanol–water partition coefficient (Wildman–Crippen LogP) is 4.02. The Balaban J connectivity index is 1.95. The van der Waals surface area contributed by atoms with E-state index >= 15 is 0 Å². The Morgan fingerprint density at radius 2 is 2.04 bits per heavy atom. The van der Waals surface area contributed by atoms with E-state index in [4.69, 9.17) is 4.74 Å². The Labute approximate surface area is 157 Å². The van der Waals surface area contributed by atoms with Gasteiger partial charge in [0, 0.05) is 30.4 Å². The van der Waals surface area contributed by atoms with E-state index in [1.165, 1.54) is 12.1 Å². The molecule has 4 rings (SSSR count). The Morgan fingerprint density at radius 3 is 2.74 bits per heavy atom. The van der Waals surface area contributed by atoms with Gasteiger partial charge in [0.1, 0.15) is 28.6 Å². The molecule has 27 heavy (non-hydrogen) atoms. The van der Waals surface area contributed by atoms with Crippen LogP contribution in [-0.4, -0.2) is 28.9 Å². The summed E-state index contributed by atoms with van der Waals surface area (Å²) in [6, 6.07) is 7.90. The molecule has 0 radical (unpaired) electrons. The van der Waals surface area contributed by atoms with Gasteiger partial charge in [-0.2, -0.15) is 0 Å². The number of carbonyl (C=O) groups is 1. The fourth-order valence-electron chi connectivity index (χ4n) is 3.76. The standard InChI is InChI=1S/C21H22FN3O2/c1-12-8-13(2)16-10-25-18(9-17(16)27-11-12)24-19(20(25)21(26)23-3)14-4-6-15(22)7-5-14/h4-7,9-10,12-13H,8,11H2,1-3H3,(H,23,26)/t12-,13?/m0/s1. The van der Waals surface area contributed by atoms with Crippen molar-refractivity contribution in [3.8, 4) is 17.0 Å². The van der Waals surface area contributed by atoms with Gasteiger partial charge in [0.05, 0.1) is 6.61 Å². The van der Waals surface area contributed by atoms with Crippen LogP contribution < -0.4 is 10.1 Å². The smallest absolute Gasteiger partial charge is 0.270 e. The number of carbonyl (C=O) groups excluding carboxylic acids is 1. The fraction of sp³-hybridized carbons (Fsp3) is 0.333. The molecule has 2 atom stereocenters. The third kappa shape index (κ3) is 3.05. The first-order chi connectivity index (χ1) is 13.0. The topological polar surface area (TPSA) is 55.6 Å². The first kappa shape index (κ1) is 17.5. The number of nitrogens with zero attached hydrogens (tertiary/aromatic N) is 2. The molecule has 1 aliphatic rings. The van der Waals surface area contributed by atoms with Crippen LogP contribution in [0.4, 0.5) is 4.39 Å². The lowest BCUT2D eigenvalue weighted by molar-refractivity contribution is 0.0958. The lowest BCUT2D eigenvalue weighted by atomic mass is 9.93. The van der Waals surface area contributed by atoms with Gasteiger partial charge in [-0.05, 0) is 42.5 Å². The molecule has 0 saturated carbocycles. The number of imidazole rings is 1. The van der Waals surface area contributed by atoms with E-state index in [1.54, 1.807) is 19.2 Å². The molecule has 140 valence electrons. The lowest BCUT2D eigenvalue weighted by Gasteiger charge is -2.13. The molecule has 0 bridgehead atoms. The molecular formula is C21H22FN3O2. The van der Waals surface area contributed by atoms with Gasteiger partial charge >= 0.3 is 0 Å². The summed E-state index contributed by atoms with van der Waals surface area (Å²) in [5, 5.41) is 2.69. The molecule has 3 aromatic rings. The van der Waals surface area contributed by atoms with Crippen molar-refractivity contribution in [1.29, 1.82) is 0 Å². The zero-order chi connectivity index (χ0) is 19.1. The van der Waals surface area contributed by atoms with E-state index < -0.39 is 0 Å². The van der Waals surface area contributed by atoms with Crippen LogP contribution in [0.2, 0.25) is 0 Å². The SMILES string of the molecule is CNC(=O)c1c(-c2ccc(F)cc2)nc2cc3c(cn12)C(C)C[C@H](C)CO3. The van der Waals surface area contributed by atoms with Gasteiger partial charge in [-0.3, -0.25) is 9.20 Å². The highest BCUT2D eigenvalue weighted by molar-refractivity contribution is 5.99. The number of benzene rings is 1. The summed E-state index contributed by atoms with van der Waals surface area (Å²) >= 11 is 0. The Hall–Kier alpha value is -2.89. The molecule has 1 aliphatic heterocycles. The second-order valence-electron chi connectivity index (χ2n) is 7.27. The quantitative estimate of drug-likeness (QED) is 0.744. The summed E-state index contributed by atoms with van der Waals surface area (Å²) in [5.41, 5.74) is 3.35. The van der Waals surface area contributed by atoms with E-state index in [0.29, 0.717) is 41.0 Å². The number of ether oxygens (including phenoxy) is 1.